The maximum absolute atomic E-state index is 5.24. The van der Waals surface area contributed by atoms with E-state index in [-0.39, 0.29) is 0 Å². The van der Waals surface area contributed by atoms with Crippen LogP contribution in [0.4, 0.5) is 0 Å². The van der Waals surface area contributed by atoms with Crippen molar-refractivity contribution in [3.8, 4) is 24.7 Å². The van der Waals surface area contributed by atoms with Gasteiger partial charge in [0.2, 0.25) is 0 Å². The zero-order chi connectivity index (χ0) is 8.10. The van der Waals surface area contributed by atoms with Gasteiger partial charge in [0.25, 0.3) is 0 Å². The summed E-state index contributed by atoms with van der Waals surface area (Å²) in [7, 11) is 0. The van der Waals surface area contributed by atoms with E-state index in [1.54, 1.807) is 0 Å². The first-order chi connectivity index (χ1) is 5.36. The van der Waals surface area contributed by atoms with Crippen molar-refractivity contribution in [3.05, 3.63) is 35.5 Å². The summed E-state index contributed by atoms with van der Waals surface area (Å²) >= 11 is 0. The van der Waals surface area contributed by atoms with Crippen molar-refractivity contribution in [3.63, 3.8) is 0 Å². The predicted molar refractivity (Wildman–Crippen MR) is 47.6 cm³/mol. The molecule has 0 saturated heterocycles. The summed E-state index contributed by atoms with van der Waals surface area (Å²) in [6, 6.07) is 0. The van der Waals surface area contributed by atoms with Crippen LogP contribution in [0.1, 0.15) is 6.42 Å². The second kappa shape index (κ2) is 3.49. The third-order valence-electron chi connectivity index (χ3n) is 1.46. The van der Waals surface area contributed by atoms with Gasteiger partial charge in [-0.25, -0.2) is 0 Å². The largest absolute Gasteiger partial charge is 0.115 e. The molecule has 0 atom stereocenters. The summed E-state index contributed by atoms with van der Waals surface area (Å²) < 4.78 is 0. The topological polar surface area (TPSA) is 0 Å². The first-order valence-electron chi connectivity index (χ1n) is 3.36. The Morgan fingerprint density at radius 2 is 1.45 bits per heavy atom. The molecule has 0 heteroatoms. The summed E-state index contributed by atoms with van der Waals surface area (Å²) in [6.07, 6.45) is 18.8. The van der Waals surface area contributed by atoms with Gasteiger partial charge in [0, 0.05) is 17.6 Å². The van der Waals surface area contributed by atoms with Crippen LogP contribution in [0.25, 0.3) is 0 Å². The molecule has 0 fully saturated rings. The summed E-state index contributed by atoms with van der Waals surface area (Å²) in [5.74, 6) is 5.16. The molecule has 1 rings (SSSR count). The second-order valence-corrected chi connectivity index (χ2v) is 2.23. The normalized spacial score (nSPS) is 15.5. The fourth-order valence-electron chi connectivity index (χ4n) is 0.865. The molecule has 11 heavy (non-hydrogen) atoms. The summed E-state index contributed by atoms with van der Waals surface area (Å²) in [4.78, 5) is 0. The number of terminal acetylenes is 2. The van der Waals surface area contributed by atoms with E-state index in [9.17, 15) is 0 Å². The Labute approximate surface area is 67.3 Å². The Balaban J connectivity index is 2.90. The van der Waals surface area contributed by atoms with E-state index in [4.69, 9.17) is 12.8 Å². The summed E-state index contributed by atoms with van der Waals surface area (Å²) in [5.41, 5.74) is 1.87. The van der Waals surface area contributed by atoms with Gasteiger partial charge in [-0.2, -0.15) is 0 Å². The Hall–Kier alpha value is -1.66. The Morgan fingerprint density at radius 3 is 1.82 bits per heavy atom. The lowest BCUT2D eigenvalue weighted by atomic mass is 10.1. The van der Waals surface area contributed by atoms with Crippen molar-refractivity contribution < 1.29 is 0 Å². The Morgan fingerprint density at radius 1 is 1.00 bits per heavy atom. The van der Waals surface area contributed by atoms with Crippen molar-refractivity contribution in [1.82, 2.24) is 0 Å². The number of hydrogen-bond acceptors (Lipinski definition) is 0. The fraction of sp³-hybridized carbons (Fsp3) is 0.0909. The number of rotatable bonds is 0. The van der Waals surface area contributed by atoms with Gasteiger partial charge in [0.05, 0.1) is 0 Å². The van der Waals surface area contributed by atoms with E-state index < -0.39 is 0 Å². The quantitative estimate of drug-likeness (QED) is 0.452. The lowest BCUT2D eigenvalue weighted by molar-refractivity contribution is 1.25. The Kier molecular flexibility index (Phi) is 2.37. The molecule has 52 valence electrons. The lowest BCUT2D eigenvalue weighted by Crippen LogP contribution is -1.80. The van der Waals surface area contributed by atoms with Gasteiger partial charge < -0.3 is 0 Å². The molecule has 0 aliphatic heterocycles. The third kappa shape index (κ3) is 1.88. The number of hydrogen-bond donors (Lipinski definition) is 0. The summed E-state index contributed by atoms with van der Waals surface area (Å²) in [6.45, 7) is 0. The van der Waals surface area contributed by atoms with Crippen molar-refractivity contribution >= 4 is 0 Å². The molecule has 0 aromatic heterocycles. The van der Waals surface area contributed by atoms with E-state index in [0.29, 0.717) is 6.42 Å². The van der Waals surface area contributed by atoms with Crippen molar-refractivity contribution in [2.45, 2.75) is 6.42 Å². The van der Waals surface area contributed by atoms with Gasteiger partial charge in [-0.3, -0.25) is 0 Å². The van der Waals surface area contributed by atoms with E-state index >= 15 is 0 Å². The monoisotopic (exact) mass is 140 g/mol. The highest BCUT2D eigenvalue weighted by atomic mass is 14.0. The third-order valence-corrected chi connectivity index (χ3v) is 1.46. The molecule has 0 nitrogen and oxygen atoms in total. The second-order valence-electron chi connectivity index (χ2n) is 2.23. The molecule has 1 aliphatic rings. The molecule has 0 heterocycles. The minimum Gasteiger partial charge on any atom is -0.115 e. The molecule has 0 radical (unpaired) electrons. The highest BCUT2D eigenvalue weighted by molar-refractivity contribution is 5.43. The fourth-order valence-corrected chi connectivity index (χ4v) is 0.865. The minimum atomic E-state index is 0.708. The van der Waals surface area contributed by atoms with Crippen molar-refractivity contribution in [2.75, 3.05) is 0 Å². The molecule has 0 unspecified atom stereocenters. The molecule has 0 bridgehead atoms. The van der Waals surface area contributed by atoms with Crippen LogP contribution in [-0.2, 0) is 0 Å². The highest BCUT2D eigenvalue weighted by Gasteiger charge is 1.97. The molecular weight excluding hydrogens is 132 g/mol. The van der Waals surface area contributed by atoms with Crippen LogP contribution in [0.15, 0.2) is 35.5 Å². The standard InChI is InChI=1S/C11H8/c1-3-10-7-5-6-8-11(4-2)9-10/h1-2,5-8H,9H2. The molecule has 1 aliphatic carbocycles. The average molecular weight is 140 g/mol. The first kappa shape index (κ1) is 7.45. The van der Waals surface area contributed by atoms with E-state index in [2.05, 4.69) is 11.8 Å². The van der Waals surface area contributed by atoms with Gasteiger partial charge in [-0.1, -0.05) is 36.1 Å². The minimum absolute atomic E-state index is 0.708. The van der Waals surface area contributed by atoms with Gasteiger partial charge in [0.1, 0.15) is 0 Å². The maximum atomic E-state index is 5.24. The molecular formula is C11H8. The predicted octanol–water partition coefficient (Wildman–Crippen LogP) is 2.07. The first-order valence-corrected chi connectivity index (χ1v) is 3.36. The maximum Gasteiger partial charge on any atom is 0.0134 e. The van der Waals surface area contributed by atoms with Crippen LogP contribution in [0, 0.1) is 24.7 Å². The van der Waals surface area contributed by atoms with Crippen molar-refractivity contribution in [1.29, 1.82) is 0 Å². The zero-order valence-corrected chi connectivity index (χ0v) is 6.17. The average Bonchev–Trinajstić information content (AvgIpc) is 2.28. The van der Waals surface area contributed by atoms with Crippen molar-refractivity contribution in [2.24, 2.45) is 0 Å². The highest BCUT2D eigenvalue weighted by Crippen LogP contribution is 2.12. The van der Waals surface area contributed by atoms with Crippen LogP contribution >= 0.6 is 0 Å². The van der Waals surface area contributed by atoms with Crippen LogP contribution in [0.5, 0.6) is 0 Å². The zero-order valence-electron chi connectivity index (χ0n) is 6.17. The molecule has 0 N–H and O–H groups in total. The van der Waals surface area contributed by atoms with E-state index in [1.807, 2.05) is 24.3 Å². The molecule has 0 saturated carbocycles. The molecule has 0 aromatic carbocycles. The molecule has 0 aromatic rings. The molecule has 0 amide bonds. The van der Waals surface area contributed by atoms with Crippen LogP contribution in [0.3, 0.4) is 0 Å². The smallest absolute Gasteiger partial charge is 0.0134 e. The van der Waals surface area contributed by atoms with Gasteiger partial charge in [-0.05, 0) is 0 Å². The summed E-state index contributed by atoms with van der Waals surface area (Å²) in [5, 5.41) is 0. The van der Waals surface area contributed by atoms with Gasteiger partial charge in [0.15, 0.2) is 0 Å². The van der Waals surface area contributed by atoms with Gasteiger partial charge in [-0.15, -0.1) is 12.8 Å². The SMILES string of the molecule is C#CC1=CC=CC=C(C#C)C1. The Bertz CT molecular complexity index is 279. The van der Waals surface area contributed by atoms with Crippen LogP contribution < -0.4 is 0 Å². The number of allylic oxidation sites excluding steroid dienone is 6. The van der Waals surface area contributed by atoms with Crippen LogP contribution in [0.2, 0.25) is 0 Å². The lowest BCUT2D eigenvalue weighted by Gasteiger charge is -1.94. The van der Waals surface area contributed by atoms with Crippen LogP contribution in [-0.4, -0.2) is 0 Å². The van der Waals surface area contributed by atoms with E-state index in [0.717, 1.165) is 11.1 Å². The molecule has 0 spiro atoms. The van der Waals surface area contributed by atoms with Gasteiger partial charge >= 0.3 is 0 Å². The van der Waals surface area contributed by atoms with E-state index in [1.165, 1.54) is 0 Å².